The molecule has 1 aliphatic heterocycles. The van der Waals surface area contributed by atoms with Gasteiger partial charge in [-0.15, -0.1) is 10.2 Å². The van der Waals surface area contributed by atoms with Crippen LogP contribution in [0.1, 0.15) is 54.2 Å². The smallest absolute Gasteiger partial charge is 0.251 e. The molecule has 1 aromatic carbocycles. The number of ether oxygens (including phenoxy) is 1. The normalized spacial score (nSPS) is 15.4. The minimum atomic E-state index is -0.187. The molecule has 0 saturated carbocycles. The van der Waals surface area contributed by atoms with E-state index in [1.165, 1.54) is 6.42 Å². The molecular formula is C17H22N4O2. The van der Waals surface area contributed by atoms with E-state index in [1.807, 2.05) is 19.1 Å². The highest BCUT2D eigenvalue weighted by atomic mass is 16.5. The number of aromatic nitrogens is 3. The number of nitrogens with zero attached hydrogens (tertiary/aromatic N) is 3. The van der Waals surface area contributed by atoms with E-state index in [0.29, 0.717) is 11.3 Å². The Morgan fingerprint density at radius 1 is 1.30 bits per heavy atom. The molecular weight excluding hydrogens is 292 g/mol. The van der Waals surface area contributed by atoms with Crippen molar-refractivity contribution in [3.63, 3.8) is 0 Å². The Morgan fingerprint density at radius 2 is 2.17 bits per heavy atom. The molecule has 1 aromatic heterocycles. The summed E-state index contributed by atoms with van der Waals surface area (Å²) in [6, 6.07) is 6.94. The van der Waals surface area contributed by atoms with E-state index in [0.717, 1.165) is 37.5 Å². The number of fused-ring (bicyclic) bond motifs is 1. The van der Waals surface area contributed by atoms with Gasteiger partial charge >= 0.3 is 0 Å². The third kappa shape index (κ3) is 3.36. The van der Waals surface area contributed by atoms with Gasteiger partial charge in [-0.2, -0.15) is 0 Å². The number of hydrogen-bond acceptors (Lipinski definition) is 4. The molecule has 6 heteroatoms. The molecule has 1 amide bonds. The second-order valence-corrected chi connectivity index (χ2v) is 5.86. The van der Waals surface area contributed by atoms with Gasteiger partial charge in [0, 0.05) is 18.5 Å². The number of nitrogens with one attached hydrogen (secondary N) is 1. The van der Waals surface area contributed by atoms with Crippen LogP contribution in [0.5, 0.6) is 5.75 Å². The Morgan fingerprint density at radius 3 is 3.00 bits per heavy atom. The van der Waals surface area contributed by atoms with E-state index in [-0.39, 0.29) is 11.9 Å². The molecule has 122 valence electrons. The Hall–Kier alpha value is -2.37. The minimum absolute atomic E-state index is 0.137. The van der Waals surface area contributed by atoms with Crippen LogP contribution in [0.3, 0.4) is 0 Å². The van der Waals surface area contributed by atoms with Gasteiger partial charge in [-0.05, 0) is 38.0 Å². The number of benzene rings is 1. The SMILES string of the molecule is COc1cccc(C(=O)N[C@@H](C)c2nnc3n2CCCCC3)c1. The number of hydrogen-bond donors (Lipinski definition) is 1. The van der Waals surface area contributed by atoms with E-state index >= 15 is 0 Å². The summed E-state index contributed by atoms with van der Waals surface area (Å²) in [4.78, 5) is 12.4. The number of carbonyl (C=O) groups is 1. The Labute approximate surface area is 135 Å². The van der Waals surface area contributed by atoms with Crippen LogP contribution in [0.2, 0.25) is 0 Å². The quantitative estimate of drug-likeness (QED) is 0.941. The van der Waals surface area contributed by atoms with Crippen LogP contribution in [-0.4, -0.2) is 27.8 Å². The third-order valence-electron chi connectivity index (χ3n) is 4.20. The van der Waals surface area contributed by atoms with Gasteiger partial charge in [0.1, 0.15) is 11.6 Å². The zero-order valence-electron chi connectivity index (χ0n) is 13.6. The van der Waals surface area contributed by atoms with E-state index in [9.17, 15) is 4.79 Å². The molecule has 0 fully saturated rings. The molecule has 1 atom stereocenters. The average molecular weight is 314 g/mol. The van der Waals surface area contributed by atoms with Crippen LogP contribution in [0.25, 0.3) is 0 Å². The second-order valence-electron chi connectivity index (χ2n) is 5.86. The fourth-order valence-electron chi connectivity index (χ4n) is 2.94. The van der Waals surface area contributed by atoms with Crippen molar-refractivity contribution in [1.29, 1.82) is 0 Å². The molecule has 3 rings (SSSR count). The first kappa shape index (κ1) is 15.5. The largest absolute Gasteiger partial charge is 0.497 e. The van der Waals surface area contributed by atoms with Crippen LogP contribution < -0.4 is 10.1 Å². The zero-order valence-corrected chi connectivity index (χ0v) is 13.6. The molecule has 0 radical (unpaired) electrons. The molecule has 0 saturated heterocycles. The van der Waals surface area contributed by atoms with Crippen molar-refractivity contribution < 1.29 is 9.53 Å². The highest BCUT2D eigenvalue weighted by Crippen LogP contribution is 2.19. The molecule has 2 aromatic rings. The van der Waals surface area contributed by atoms with Crippen molar-refractivity contribution in [3.8, 4) is 5.75 Å². The number of amides is 1. The summed E-state index contributed by atoms with van der Waals surface area (Å²) in [5.74, 6) is 2.39. The predicted octanol–water partition coefficient (Wildman–Crippen LogP) is 2.50. The molecule has 0 aliphatic carbocycles. The third-order valence-corrected chi connectivity index (χ3v) is 4.20. The van der Waals surface area contributed by atoms with Crippen molar-refractivity contribution in [3.05, 3.63) is 41.5 Å². The standard InChI is InChI=1S/C17H22N4O2/c1-12(16-20-19-15-9-4-3-5-10-21(15)16)18-17(22)13-7-6-8-14(11-13)23-2/h6-8,11-12H,3-5,9-10H2,1-2H3,(H,18,22)/t12-/m0/s1. The lowest BCUT2D eigenvalue weighted by Gasteiger charge is -2.15. The number of aryl methyl sites for hydroxylation is 1. The van der Waals surface area contributed by atoms with E-state index in [2.05, 4.69) is 20.1 Å². The summed E-state index contributed by atoms with van der Waals surface area (Å²) in [7, 11) is 1.59. The Kier molecular flexibility index (Phi) is 4.60. The average Bonchev–Trinajstić information content (AvgIpc) is 2.83. The van der Waals surface area contributed by atoms with Crippen LogP contribution in [0, 0.1) is 0 Å². The van der Waals surface area contributed by atoms with Crippen LogP contribution in [0.15, 0.2) is 24.3 Å². The maximum absolute atomic E-state index is 12.4. The second kappa shape index (κ2) is 6.81. The molecule has 2 heterocycles. The highest BCUT2D eigenvalue weighted by molar-refractivity contribution is 5.94. The van der Waals surface area contributed by atoms with E-state index < -0.39 is 0 Å². The number of carbonyl (C=O) groups excluding carboxylic acids is 1. The number of methoxy groups -OCH3 is 1. The summed E-state index contributed by atoms with van der Waals surface area (Å²) < 4.78 is 7.32. The van der Waals surface area contributed by atoms with Gasteiger partial charge in [0.25, 0.3) is 5.91 Å². The first-order chi connectivity index (χ1) is 11.2. The number of rotatable bonds is 4. The van der Waals surface area contributed by atoms with Gasteiger partial charge in [0.15, 0.2) is 5.82 Å². The maximum atomic E-state index is 12.4. The van der Waals surface area contributed by atoms with Gasteiger partial charge in [0.2, 0.25) is 0 Å². The van der Waals surface area contributed by atoms with Gasteiger partial charge in [-0.1, -0.05) is 12.5 Å². The van der Waals surface area contributed by atoms with E-state index in [4.69, 9.17) is 4.74 Å². The van der Waals surface area contributed by atoms with Gasteiger partial charge in [-0.3, -0.25) is 4.79 Å². The van der Waals surface area contributed by atoms with Crippen molar-refractivity contribution >= 4 is 5.91 Å². The molecule has 23 heavy (non-hydrogen) atoms. The molecule has 6 nitrogen and oxygen atoms in total. The predicted molar refractivity (Wildman–Crippen MR) is 86.5 cm³/mol. The fraction of sp³-hybridized carbons (Fsp3) is 0.471. The fourth-order valence-corrected chi connectivity index (χ4v) is 2.94. The monoisotopic (exact) mass is 314 g/mol. The molecule has 0 unspecified atom stereocenters. The Balaban J connectivity index is 1.75. The Bertz CT molecular complexity index is 696. The zero-order chi connectivity index (χ0) is 16.2. The van der Waals surface area contributed by atoms with Crippen LogP contribution in [-0.2, 0) is 13.0 Å². The van der Waals surface area contributed by atoms with Crippen molar-refractivity contribution in [2.45, 2.75) is 45.2 Å². The summed E-state index contributed by atoms with van der Waals surface area (Å²) in [6.45, 7) is 2.87. The van der Waals surface area contributed by atoms with Crippen molar-refractivity contribution in [2.24, 2.45) is 0 Å². The lowest BCUT2D eigenvalue weighted by Crippen LogP contribution is -2.29. The van der Waals surface area contributed by atoms with Gasteiger partial charge in [-0.25, -0.2) is 0 Å². The molecule has 0 bridgehead atoms. The van der Waals surface area contributed by atoms with Crippen molar-refractivity contribution in [1.82, 2.24) is 20.1 Å². The summed E-state index contributed by atoms with van der Waals surface area (Å²) in [6.07, 6.45) is 4.47. The maximum Gasteiger partial charge on any atom is 0.251 e. The molecule has 1 N–H and O–H groups in total. The summed E-state index contributed by atoms with van der Waals surface area (Å²) in [5, 5.41) is 11.6. The van der Waals surface area contributed by atoms with Crippen LogP contribution >= 0.6 is 0 Å². The highest BCUT2D eigenvalue weighted by Gasteiger charge is 2.21. The summed E-state index contributed by atoms with van der Waals surface area (Å²) >= 11 is 0. The van der Waals surface area contributed by atoms with E-state index in [1.54, 1.807) is 19.2 Å². The summed E-state index contributed by atoms with van der Waals surface area (Å²) in [5.41, 5.74) is 0.576. The van der Waals surface area contributed by atoms with Crippen LogP contribution in [0.4, 0.5) is 0 Å². The first-order valence-electron chi connectivity index (χ1n) is 8.06. The van der Waals surface area contributed by atoms with Gasteiger partial charge in [0.05, 0.1) is 13.2 Å². The molecule has 1 aliphatic rings. The minimum Gasteiger partial charge on any atom is -0.497 e. The van der Waals surface area contributed by atoms with Gasteiger partial charge < -0.3 is 14.6 Å². The molecule has 0 spiro atoms. The lowest BCUT2D eigenvalue weighted by atomic mass is 10.2. The first-order valence-corrected chi connectivity index (χ1v) is 8.06. The van der Waals surface area contributed by atoms with Crippen molar-refractivity contribution in [2.75, 3.05) is 7.11 Å². The topological polar surface area (TPSA) is 69.0 Å². The lowest BCUT2D eigenvalue weighted by molar-refractivity contribution is 0.0937.